The van der Waals surface area contributed by atoms with E-state index in [2.05, 4.69) is 58.1 Å². The Morgan fingerprint density at radius 1 is 1.02 bits per heavy atom. The number of carbonyl (C=O) groups is 2. The van der Waals surface area contributed by atoms with Gasteiger partial charge >= 0.3 is 0 Å². The van der Waals surface area contributed by atoms with Gasteiger partial charge < -0.3 is 33.9 Å². The van der Waals surface area contributed by atoms with Crippen LogP contribution < -0.4 is 15.4 Å². The van der Waals surface area contributed by atoms with Crippen LogP contribution in [0, 0.1) is 11.8 Å². The number of rotatable bonds is 4. The number of hydrogen-bond donors (Lipinski definition) is 3. The lowest BCUT2D eigenvalue weighted by atomic mass is 9.72. The third-order valence-corrected chi connectivity index (χ3v) is 11.7. The fraction of sp³-hybridized carbons (Fsp3) is 0.317. The molecule has 52 heavy (non-hydrogen) atoms. The van der Waals surface area contributed by atoms with Crippen molar-refractivity contribution >= 4 is 28.3 Å². The van der Waals surface area contributed by atoms with Crippen molar-refractivity contribution in [2.75, 3.05) is 11.9 Å². The maximum absolute atomic E-state index is 14.3. The minimum atomic E-state index is -1.01. The van der Waals surface area contributed by atoms with Crippen molar-refractivity contribution in [2.24, 2.45) is 11.8 Å². The molecule has 5 atom stereocenters. The number of fused-ring (bicyclic) bond motifs is 7. The van der Waals surface area contributed by atoms with Gasteiger partial charge in [-0.15, -0.1) is 0 Å². The van der Waals surface area contributed by atoms with E-state index in [9.17, 15) is 9.59 Å². The number of carbonyl (C=O) groups excluding carboxylic acids is 2. The fourth-order valence-electron chi connectivity index (χ4n) is 9.18. The maximum atomic E-state index is 14.3. The lowest BCUT2D eigenvalue weighted by Crippen LogP contribution is -2.40. The Hall–Kier alpha value is -5.68. The number of anilines is 1. The molecule has 260 valence electrons. The van der Waals surface area contributed by atoms with Gasteiger partial charge in [0, 0.05) is 64.0 Å². The van der Waals surface area contributed by atoms with Crippen molar-refractivity contribution in [3.63, 3.8) is 0 Å². The molecule has 11 heteroatoms. The molecular formula is C41H35N5O6. The molecule has 3 aromatic heterocycles. The van der Waals surface area contributed by atoms with E-state index in [0.29, 0.717) is 54.2 Å². The molecule has 6 aromatic rings. The van der Waals surface area contributed by atoms with Crippen molar-refractivity contribution in [1.82, 2.24) is 20.3 Å². The quantitative estimate of drug-likeness (QED) is 0.177. The minimum Gasteiger partial charge on any atom is -0.469 e. The first-order chi connectivity index (χ1) is 25.4. The first kappa shape index (κ1) is 30.0. The smallest absolute Gasteiger partial charge is 0.249 e. The zero-order chi connectivity index (χ0) is 34.9. The number of para-hydroxylation sites is 1. The molecule has 5 aliphatic heterocycles. The van der Waals surface area contributed by atoms with Gasteiger partial charge in [0.1, 0.15) is 23.3 Å². The van der Waals surface area contributed by atoms with E-state index >= 15 is 0 Å². The summed E-state index contributed by atoms with van der Waals surface area (Å²) in [6.45, 7) is 4.61. The molecule has 1 unspecified atom stereocenters. The van der Waals surface area contributed by atoms with Crippen LogP contribution in [-0.4, -0.2) is 45.6 Å². The Balaban J connectivity index is 1.20. The summed E-state index contributed by atoms with van der Waals surface area (Å²) in [5.74, 6) is 1.46. The average molecular weight is 694 g/mol. The predicted octanol–water partition coefficient (Wildman–Crippen LogP) is 7.06. The average Bonchev–Trinajstić information content (AvgIpc) is 3.99. The number of H-pyrrole nitrogens is 1. The van der Waals surface area contributed by atoms with Gasteiger partial charge in [-0.1, -0.05) is 56.3 Å². The van der Waals surface area contributed by atoms with Crippen molar-refractivity contribution in [3.05, 3.63) is 95.3 Å². The molecule has 10 bridgehead atoms. The van der Waals surface area contributed by atoms with Crippen molar-refractivity contribution in [2.45, 2.75) is 63.3 Å². The van der Waals surface area contributed by atoms with E-state index in [1.165, 1.54) is 0 Å². The van der Waals surface area contributed by atoms with Crippen LogP contribution in [0.2, 0.25) is 0 Å². The SMILES string of the molecule is CC(C)[C@@H]1NC(=O)[C@@H](CC(=O)[C@H]2CCCO2)Cc2ccc3c(c2)C24c5cccc(c5N[C@H]2O3)-c2cccc3[nH]cc(c23)-c2cnc(o2)-c2nc1oc24. The van der Waals surface area contributed by atoms with E-state index in [1.807, 2.05) is 32.2 Å². The van der Waals surface area contributed by atoms with E-state index in [-0.39, 0.29) is 24.0 Å². The van der Waals surface area contributed by atoms with Crippen molar-refractivity contribution < 1.29 is 27.9 Å². The number of nitrogens with one attached hydrogen (secondary N) is 3. The van der Waals surface area contributed by atoms with Gasteiger partial charge in [0.25, 0.3) is 0 Å². The second-order valence-corrected chi connectivity index (χ2v) is 15.0. The third-order valence-electron chi connectivity index (χ3n) is 11.7. The Labute approximate surface area is 298 Å². The number of ether oxygens (including phenoxy) is 2. The van der Waals surface area contributed by atoms with Gasteiger partial charge in [0.2, 0.25) is 17.7 Å². The molecule has 0 aliphatic carbocycles. The highest BCUT2D eigenvalue weighted by Gasteiger charge is 2.61. The zero-order valence-corrected chi connectivity index (χ0v) is 28.6. The van der Waals surface area contributed by atoms with Crippen molar-refractivity contribution in [3.8, 4) is 39.8 Å². The lowest BCUT2D eigenvalue weighted by Gasteiger charge is -2.28. The summed E-state index contributed by atoms with van der Waals surface area (Å²) >= 11 is 0. The summed E-state index contributed by atoms with van der Waals surface area (Å²) in [5, 5.41) is 8.07. The molecular weight excluding hydrogens is 658 g/mol. The Morgan fingerprint density at radius 2 is 1.90 bits per heavy atom. The van der Waals surface area contributed by atoms with Crippen LogP contribution in [0.5, 0.6) is 5.75 Å². The monoisotopic (exact) mass is 693 g/mol. The topological polar surface area (TPSA) is 145 Å². The van der Waals surface area contributed by atoms with Crippen LogP contribution in [0.4, 0.5) is 5.69 Å². The Morgan fingerprint density at radius 3 is 2.77 bits per heavy atom. The van der Waals surface area contributed by atoms with Gasteiger partial charge in [0.05, 0.1) is 6.20 Å². The largest absolute Gasteiger partial charge is 0.469 e. The van der Waals surface area contributed by atoms with Crippen LogP contribution in [0.25, 0.3) is 44.9 Å². The van der Waals surface area contributed by atoms with Crippen LogP contribution in [-0.2, 0) is 26.2 Å². The molecule has 1 spiro atoms. The molecule has 0 saturated carbocycles. The van der Waals surface area contributed by atoms with Gasteiger partial charge in [-0.25, -0.2) is 9.97 Å². The number of aromatic nitrogens is 3. The van der Waals surface area contributed by atoms with E-state index in [0.717, 1.165) is 56.4 Å². The van der Waals surface area contributed by atoms with Gasteiger partial charge in [-0.3, -0.25) is 9.59 Å². The number of amides is 1. The molecule has 3 N–H and O–H groups in total. The van der Waals surface area contributed by atoms with Gasteiger partial charge in [0.15, 0.2) is 29.2 Å². The summed E-state index contributed by atoms with van der Waals surface area (Å²) in [6.07, 6.45) is 4.58. The summed E-state index contributed by atoms with van der Waals surface area (Å²) < 4.78 is 26.2. The highest BCUT2D eigenvalue weighted by Crippen LogP contribution is 2.61. The number of nitrogens with zero attached hydrogens (tertiary/aromatic N) is 2. The van der Waals surface area contributed by atoms with Gasteiger partial charge in [-0.2, -0.15) is 0 Å². The Bertz CT molecular complexity index is 2490. The molecule has 0 radical (unpaired) electrons. The second-order valence-electron chi connectivity index (χ2n) is 15.0. The summed E-state index contributed by atoms with van der Waals surface area (Å²) in [7, 11) is 0. The van der Waals surface area contributed by atoms with E-state index in [1.54, 1.807) is 6.20 Å². The van der Waals surface area contributed by atoms with Crippen LogP contribution >= 0.6 is 0 Å². The summed E-state index contributed by atoms with van der Waals surface area (Å²) in [4.78, 5) is 41.2. The Kier molecular flexibility index (Phi) is 6.16. The van der Waals surface area contributed by atoms with E-state index in [4.69, 9.17) is 28.3 Å². The van der Waals surface area contributed by atoms with Crippen LogP contribution in [0.15, 0.2) is 75.8 Å². The standard InChI is InChI=1S/C41H35N5O6/c1-19(2)33-39-45-35-36(52-39)41-25-8-3-7-23(22-6-4-9-27-32(22)24(17-42-27)31-18-43-38(35)50-31)34(25)46-40(41)51-29-12-11-20(15-26(29)41)14-21(37(48)44-33)16-28(47)30-10-5-13-49-30/h3-4,6-9,11-12,15,17-19,21,30,33,40,42,46H,5,10,13-14,16H2,1-2H3,(H,44,48)/t21-,30-,33+,40+,41?/m1/s1. The summed E-state index contributed by atoms with van der Waals surface area (Å²) in [5.41, 5.74) is 7.07. The third kappa shape index (κ3) is 3.99. The molecule has 8 heterocycles. The highest BCUT2D eigenvalue weighted by atomic mass is 16.5. The molecule has 1 saturated heterocycles. The number of ketones is 1. The molecule has 5 aliphatic rings. The predicted molar refractivity (Wildman–Crippen MR) is 191 cm³/mol. The van der Waals surface area contributed by atoms with Crippen LogP contribution in [0.1, 0.15) is 67.5 Å². The number of oxazole rings is 2. The molecule has 1 amide bonds. The molecule has 3 aromatic carbocycles. The normalized spacial score (nSPS) is 24.9. The number of hydrogen-bond acceptors (Lipinski definition) is 9. The fourth-order valence-corrected chi connectivity index (χ4v) is 9.18. The number of benzene rings is 3. The molecule has 1 fully saturated rings. The van der Waals surface area contributed by atoms with Crippen molar-refractivity contribution in [1.29, 1.82) is 0 Å². The number of aromatic amines is 1. The molecule has 11 rings (SSSR count). The maximum Gasteiger partial charge on any atom is 0.249 e. The molecule has 11 nitrogen and oxygen atoms in total. The zero-order valence-electron chi connectivity index (χ0n) is 28.6. The second kappa shape index (κ2) is 10.7. The van der Waals surface area contributed by atoms with Crippen LogP contribution in [0.3, 0.4) is 0 Å². The first-order valence-corrected chi connectivity index (χ1v) is 18.1. The minimum absolute atomic E-state index is 0.0422. The summed E-state index contributed by atoms with van der Waals surface area (Å²) in [6, 6.07) is 18.1. The van der Waals surface area contributed by atoms with Gasteiger partial charge in [-0.05, 0) is 48.4 Å². The van der Waals surface area contributed by atoms with E-state index < -0.39 is 29.7 Å². The first-order valence-electron chi connectivity index (χ1n) is 18.1. The lowest BCUT2D eigenvalue weighted by molar-refractivity contribution is -0.134. The number of Topliss-reactive ketones (excluding diaryl/α,β-unsaturated/α-hetero) is 1. The highest BCUT2D eigenvalue weighted by molar-refractivity contribution is 6.07.